The second kappa shape index (κ2) is 7.86. The van der Waals surface area contributed by atoms with Gasteiger partial charge in [0.05, 0.1) is 0 Å². The summed E-state index contributed by atoms with van der Waals surface area (Å²) < 4.78 is 1.46. The van der Waals surface area contributed by atoms with E-state index >= 15 is 0 Å². The minimum absolute atomic E-state index is 0. The molecule has 0 atom stereocenters. The molecule has 2 aliphatic carbocycles. The SMILES string of the molecule is CC=C=c1cc2c([c]([Zr+2])c1C1=CC=CC1)=Cc1ccccc1-2.[Cl-].[Cl-]. The molecule has 0 saturated heterocycles. The molecule has 24 heavy (non-hydrogen) atoms. The van der Waals surface area contributed by atoms with Gasteiger partial charge in [-0.1, -0.05) is 0 Å². The first-order chi connectivity index (χ1) is 10.8. The van der Waals surface area contributed by atoms with Gasteiger partial charge in [-0.2, -0.15) is 0 Å². The van der Waals surface area contributed by atoms with Gasteiger partial charge in [-0.15, -0.1) is 0 Å². The van der Waals surface area contributed by atoms with Crippen molar-refractivity contribution in [2.75, 3.05) is 0 Å². The zero-order chi connectivity index (χ0) is 15.1. The van der Waals surface area contributed by atoms with Crippen molar-refractivity contribution in [1.82, 2.24) is 0 Å². The average Bonchev–Trinajstić information content (AvgIpc) is 3.16. The van der Waals surface area contributed by atoms with Gasteiger partial charge >= 0.3 is 146 Å². The molecule has 0 N–H and O–H groups in total. The molecule has 0 aliphatic heterocycles. The molecule has 2 aromatic carbocycles. The smallest absolute Gasteiger partial charge is 1.00 e. The number of hydrogen-bond acceptors (Lipinski definition) is 0. The summed E-state index contributed by atoms with van der Waals surface area (Å²) in [6, 6.07) is 11.0. The standard InChI is InChI=1S/C21H15.2ClH.Zr/c1-2-7-16-13-21-18(12-17-10-5-6-11-19(17)21)14-20(16)15-8-3-4-9-15;;;/h2-6,8,10-13H,9H2,1H3;2*1H;/q;;;+2/p-2. The van der Waals surface area contributed by atoms with Crippen LogP contribution in [0, 0.1) is 0 Å². The predicted octanol–water partition coefficient (Wildman–Crippen LogP) is -3.03. The summed E-state index contributed by atoms with van der Waals surface area (Å²) in [5.41, 5.74) is 10.3. The molecule has 0 bridgehead atoms. The first kappa shape index (κ1) is 19.2. The second-order valence-electron chi connectivity index (χ2n) is 5.62. The summed E-state index contributed by atoms with van der Waals surface area (Å²) in [7, 11) is 0. The van der Waals surface area contributed by atoms with Crippen LogP contribution in [0.4, 0.5) is 0 Å². The van der Waals surface area contributed by atoms with Gasteiger partial charge in [-0.3, -0.25) is 0 Å². The fraction of sp³-hybridized carbons (Fsp3) is 0.0952. The largest absolute Gasteiger partial charge is 1.00 e. The van der Waals surface area contributed by atoms with E-state index in [2.05, 4.69) is 60.4 Å². The van der Waals surface area contributed by atoms with E-state index in [9.17, 15) is 0 Å². The molecular formula is C21H15Cl2Zr. The van der Waals surface area contributed by atoms with E-state index in [0.29, 0.717) is 0 Å². The topological polar surface area (TPSA) is 0 Å². The molecule has 117 valence electrons. The maximum atomic E-state index is 3.46. The monoisotopic (exact) mass is 427 g/mol. The molecule has 0 unspecified atom stereocenters. The summed E-state index contributed by atoms with van der Waals surface area (Å²) >= 11 is 1.47. The Morgan fingerprint density at radius 3 is 2.62 bits per heavy atom. The van der Waals surface area contributed by atoms with Crippen molar-refractivity contribution < 1.29 is 49.5 Å². The summed E-state index contributed by atoms with van der Waals surface area (Å²) in [4.78, 5) is 0. The van der Waals surface area contributed by atoms with Crippen molar-refractivity contribution >= 4 is 20.7 Å². The summed E-state index contributed by atoms with van der Waals surface area (Å²) in [6.07, 6.45) is 12.0. The Morgan fingerprint density at radius 1 is 1.12 bits per heavy atom. The van der Waals surface area contributed by atoms with Crippen molar-refractivity contribution in [3.63, 3.8) is 0 Å². The van der Waals surface area contributed by atoms with E-state index in [-0.39, 0.29) is 24.8 Å². The number of hydrogen-bond donors (Lipinski definition) is 0. The van der Waals surface area contributed by atoms with Crippen LogP contribution in [-0.2, 0) is 24.7 Å². The van der Waals surface area contributed by atoms with Gasteiger partial charge in [0.2, 0.25) is 0 Å². The normalized spacial score (nSPS) is 12.9. The van der Waals surface area contributed by atoms with Crippen LogP contribution in [0.25, 0.3) is 28.5 Å². The Kier molecular flexibility index (Phi) is 6.29. The van der Waals surface area contributed by atoms with Crippen LogP contribution < -0.4 is 38.5 Å². The van der Waals surface area contributed by atoms with E-state index in [1.165, 1.54) is 66.3 Å². The van der Waals surface area contributed by atoms with Crippen LogP contribution in [0.15, 0.2) is 54.6 Å². The molecule has 0 amide bonds. The average molecular weight is 429 g/mol. The van der Waals surface area contributed by atoms with E-state index in [1.54, 1.807) is 0 Å². The first-order valence-corrected chi connectivity index (χ1v) is 8.79. The number of rotatable bonds is 1. The van der Waals surface area contributed by atoms with Crippen LogP contribution in [0.1, 0.15) is 24.5 Å². The number of halogens is 2. The third-order valence-electron chi connectivity index (χ3n) is 4.31. The molecule has 3 heteroatoms. The number of benzene rings is 2. The molecule has 0 heterocycles. The van der Waals surface area contributed by atoms with Crippen molar-refractivity contribution in [2.45, 2.75) is 13.3 Å². The molecule has 2 aliphatic rings. The molecule has 0 aromatic heterocycles. The minimum Gasteiger partial charge on any atom is -1.00 e. The summed E-state index contributed by atoms with van der Waals surface area (Å²) in [5.74, 6) is 0. The van der Waals surface area contributed by atoms with Gasteiger partial charge in [0, 0.05) is 0 Å². The molecule has 0 spiro atoms. The maximum Gasteiger partial charge on any atom is -1.00 e. The van der Waals surface area contributed by atoms with Gasteiger partial charge in [0.1, 0.15) is 0 Å². The van der Waals surface area contributed by atoms with E-state index in [4.69, 9.17) is 0 Å². The van der Waals surface area contributed by atoms with Crippen molar-refractivity contribution in [3.05, 3.63) is 76.2 Å². The quantitative estimate of drug-likeness (QED) is 0.386. The Balaban J connectivity index is 0.00000104. The van der Waals surface area contributed by atoms with Crippen LogP contribution >= 0.6 is 0 Å². The van der Waals surface area contributed by atoms with E-state index in [0.717, 1.165) is 6.42 Å². The third kappa shape index (κ3) is 3.07. The van der Waals surface area contributed by atoms with Crippen molar-refractivity contribution in [3.8, 4) is 11.1 Å². The van der Waals surface area contributed by atoms with Gasteiger partial charge in [0.15, 0.2) is 0 Å². The van der Waals surface area contributed by atoms with Crippen LogP contribution in [0.5, 0.6) is 0 Å². The van der Waals surface area contributed by atoms with Gasteiger partial charge in [0.25, 0.3) is 0 Å². The Morgan fingerprint density at radius 2 is 1.92 bits per heavy atom. The van der Waals surface area contributed by atoms with Gasteiger partial charge in [-0.25, -0.2) is 0 Å². The van der Waals surface area contributed by atoms with Crippen molar-refractivity contribution in [2.24, 2.45) is 0 Å². The third-order valence-corrected chi connectivity index (χ3v) is 5.59. The second-order valence-corrected chi connectivity index (χ2v) is 6.85. The summed E-state index contributed by atoms with van der Waals surface area (Å²) in [5, 5.41) is 2.64. The minimum atomic E-state index is 0. The van der Waals surface area contributed by atoms with E-state index in [1.807, 2.05) is 13.0 Å². The molecule has 4 rings (SSSR count). The maximum absolute atomic E-state index is 3.46. The molecule has 0 nitrogen and oxygen atoms in total. The van der Waals surface area contributed by atoms with Gasteiger partial charge in [-0.05, 0) is 0 Å². The van der Waals surface area contributed by atoms with Crippen molar-refractivity contribution in [1.29, 1.82) is 0 Å². The Hall–Kier alpha value is -1.10. The number of allylic oxidation sites excluding steroid dienone is 5. The predicted molar refractivity (Wildman–Crippen MR) is 89.7 cm³/mol. The molecular weight excluding hydrogens is 414 g/mol. The van der Waals surface area contributed by atoms with Crippen LogP contribution in [0.3, 0.4) is 0 Å². The molecule has 0 fully saturated rings. The first-order valence-electron chi connectivity index (χ1n) is 7.57. The molecule has 0 radical (unpaired) electrons. The number of fused-ring (bicyclic) bond motifs is 3. The Bertz CT molecular complexity index is 1010. The fourth-order valence-electron chi connectivity index (χ4n) is 3.33. The van der Waals surface area contributed by atoms with Gasteiger partial charge < -0.3 is 24.8 Å². The molecule has 2 aromatic rings. The zero-order valence-corrected chi connectivity index (χ0v) is 17.2. The van der Waals surface area contributed by atoms with Crippen LogP contribution in [0.2, 0.25) is 0 Å². The zero-order valence-electron chi connectivity index (χ0n) is 13.2. The summed E-state index contributed by atoms with van der Waals surface area (Å²) in [6.45, 7) is 2.04. The van der Waals surface area contributed by atoms with E-state index < -0.39 is 0 Å². The van der Waals surface area contributed by atoms with Crippen LogP contribution in [-0.4, -0.2) is 0 Å². The Labute approximate surface area is 170 Å². The fourth-order valence-corrected chi connectivity index (χ4v) is 4.56. The molecule has 0 saturated carbocycles.